The van der Waals surface area contributed by atoms with Crippen LogP contribution in [0.5, 0.6) is 0 Å². The zero-order valence-corrected chi connectivity index (χ0v) is 11.8. The number of nitrogens with one attached hydrogen (secondary N) is 1. The Balaban J connectivity index is 1.87. The van der Waals surface area contributed by atoms with E-state index in [9.17, 15) is 4.79 Å². The van der Waals surface area contributed by atoms with Gasteiger partial charge in [-0.15, -0.1) is 0 Å². The minimum Gasteiger partial charge on any atom is -0.348 e. The highest BCUT2D eigenvalue weighted by Gasteiger charge is 2.12. The molecule has 1 amide bonds. The zero-order chi connectivity index (χ0) is 14.7. The molecule has 0 unspecified atom stereocenters. The molecule has 4 nitrogen and oxygen atoms in total. The maximum absolute atomic E-state index is 12.3. The fourth-order valence-corrected chi connectivity index (χ4v) is 2.33. The van der Waals surface area contributed by atoms with E-state index in [2.05, 4.69) is 15.3 Å². The van der Waals surface area contributed by atoms with Gasteiger partial charge in [0.2, 0.25) is 0 Å². The summed E-state index contributed by atoms with van der Waals surface area (Å²) >= 11 is 6.06. The molecule has 2 heterocycles. The van der Waals surface area contributed by atoms with Gasteiger partial charge in [-0.3, -0.25) is 9.78 Å². The molecule has 3 aromatic rings. The molecule has 0 spiro atoms. The van der Waals surface area contributed by atoms with Crippen LogP contribution in [0, 0.1) is 0 Å². The zero-order valence-electron chi connectivity index (χ0n) is 11.1. The monoisotopic (exact) mass is 297 g/mol. The van der Waals surface area contributed by atoms with E-state index in [1.807, 2.05) is 36.4 Å². The molecule has 1 aromatic carbocycles. The van der Waals surface area contributed by atoms with Gasteiger partial charge >= 0.3 is 0 Å². The fraction of sp³-hybridized carbons (Fsp3) is 0.0625. The van der Waals surface area contributed by atoms with Gasteiger partial charge in [-0.1, -0.05) is 35.9 Å². The summed E-state index contributed by atoms with van der Waals surface area (Å²) in [6, 6.07) is 11.2. The van der Waals surface area contributed by atoms with Crippen molar-refractivity contribution in [3.8, 4) is 0 Å². The third-order valence-electron chi connectivity index (χ3n) is 3.19. The fourth-order valence-electron chi connectivity index (χ4n) is 2.12. The predicted molar refractivity (Wildman–Crippen MR) is 82.2 cm³/mol. The van der Waals surface area contributed by atoms with Crippen LogP contribution in [-0.2, 0) is 6.54 Å². The number of hydrogen-bond donors (Lipinski definition) is 1. The van der Waals surface area contributed by atoms with Crippen LogP contribution in [0.25, 0.3) is 10.8 Å². The number of amides is 1. The molecule has 104 valence electrons. The Morgan fingerprint density at radius 2 is 1.81 bits per heavy atom. The minimum absolute atomic E-state index is 0.174. The van der Waals surface area contributed by atoms with Gasteiger partial charge in [-0.05, 0) is 23.1 Å². The number of nitrogens with zero attached hydrogens (tertiary/aromatic N) is 2. The van der Waals surface area contributed by atoms with Gasteiger partial charge < -0.3 is 5.32 Å². The molecule has 0 saturated carbocycles. The summed E-state index contributed by atoms with van der Waals surface area (Å²) in [5, 5.41) is 4.85. The van der Waals surface area contributed by atoms with Crippen molar-refractivity contribution in [1.29, 1.82) is 0 Å². The summed E-state index contributed by atoms with van der Waals surface area (Å²) in [7, 11) is 0. The van der Waals surface area contributed by atoms with Crippen LogP contribution in [0.2, 0.25) is 5.15 Å². The lowest BCUT2D eigenvalue weighted by molar-refractivity contribution is 0.0952. The van der Waals surface area contributed by atoms with E-state index < -0.39 is 0 Å². The Bertz CT molecular complexity index is 790. The third-order valence-corrected chi connectivity index (χ3v) is 3.49. The summed E-state index contributed by atoms with van der Waals surface area (Å²) in [6.45, 7) is 0.443. The second-order valence-electron chi connectivity index (χ2n) is 4.55. The number of aromatic nitrogens is 2. The summed E-state index contributed by atoms with van der Waals surface area (Å²) in [6.07, 6.45) is 4.90. The van der Waals surface area contributed by atoms with Crippen LogP contribution >= 0.6 is 11.6 Å². The number of pyridine rings is 2. The Morgan fingerprint density at radius 1 is 1.10 bits per heavy atom. The van der Waals surface area contributed by atoms with Crippen molar-refractivity contribution >= 4 is 28.3 Å². The van der Waals surface area contributed by atoms with Crippen molar-refractivity contribution in [3.05, 3.63) is 71.3 Å². The second-order valence-corrected chi connectivity index (χ2v) is 4.90. The Hall–Kier alpha value is -2.46. The summed E-state index contributed by atoms with van der Waals surface area (Å²) in [5.41, 5.74) is 1.51. The van der Waals surface area contributed by atoms with E-state index in [0.717, 1.165) is 16.3 Å². The maximum Gasteiger partial charge on any atom is 0.253 e. The molecule has 0 fully saturated rings. The van der Waals surface area contributed by atoms with Crippen LogP contribution in [0.3, 0.4) is 0 Å². The highest BCUT2D eigenvalue weighted by molar-refractivity contribution is 6.34. The van der Waals surface area contributed by atoms with Crippen LogP contribution in [0.15, 0.2) is 55.0 Å². The number of hydrogen-bond acceptors (Lipinski definition) is 3. The summed E-state index contributed by atoms with van der Waals surface area (Å²) in [4.78, 5) is 20.4. The number of benzene rings is 1. The summed E-state index contributed by atoms with van der Waals surface area (Å²) < 4.78 is 0. The van der Waals surface area contributed by atoms with Crippen molar-refractivity contribution in [2.45, 2.75) is 6.54 Å². The second kappa shape index (κ2) is 5.89. The van der Waals surface area contributed by atoms with Crippen molar-refractivity contribution in [1.82, 2.24) is 15.3 Å². The molecule has 21 heavy (non-hydrogen) atoms. The molecule has 5 heteroatoms. The molecule has 0 aliphatic heterocycles. The highest BCUT2D eigenvalue weighted by Crippen LogP contribution is 2.24. The maximum atomic E-state index is 12.3. The molecule has 1 N–H and O–H groups in total. The quantitative estimate of drug-likeness (QED) is 0.755. The van der Waals surface area contributed by atoms with Crippen molar-refractivity contribution in [2.24, 2.45) is 0 Å². The summed E-state index contributed by atoms with van der Waals surface area (Å²) in [5.74, 6) is -0.174. The van der Waals surface area contributed by atoms with Gasteiger partial charge in [0.25, 0.3) is 5.91 Å². The Morgan fingerprint density at radius 3 is 2.57 bits per heavy atom. The van der Waals surface area contributed by atoms with E-state index in [0.29, 0.717) is 17.3 Å². The van der Waals surface area contributed by atoms with Crippen molar-refractivity contribution in [2.75, 3.05) is 0 Å². The molecular formula is C16H12ClN3O. The molecule has 0 saturated heterocycles. The largest absolute Gasteiger partial charge is 0.348 e. The van der Waals surface area contributed by atoms with Crippen LogP contribution in [0.4, 0.5) is 0 Å². The van der Waals surface area contributed by atoms with Crippen LogP contribution in [0.1, 0.15) is 15.9 Å². The smallest absolute Gasteiger partial charge is 0.253 e. The van der Waals surface area contributed by atoms with Crippen molar-refractivity contribution in [3.63, 3.8) is 0 Å². The minimum atomic E-state index is -0.174. The first kappa shape index (κ1) is 13.5. The van der Waals surface area contributed by atoms with Crippen molar-refractivity contribution < 1.29 is 4.79 Å². The van der Waals surface area contributed by atoms with Gasteiger partial charge in [0.05, 0.1) is 5.56 Å². The van der Waals surface area contributed by atoms with E-state index in [1.54, 1.807) is 12.4 Å². The number of fused-ring (bicyclic) bond motifs is 1. The predicted octanol–water partition coefficient (Wildman–Crippen LogP) is 3.21. The van der Waals surface area contributed by atoms with E-state index in [4.69, 9.17) is 11.6 Å². The Labute approximate surface area is 126 Å². The lowest BCUT2D eigenvalue weighted by atomic mass is 10.1. The molecule has 0 aliphatic rings. The van der Waals surface area contributed by atoms with Crippen LogP contribution in [-0.4, -0.2) is 15.9 Å². The number of rotatable bonds is 3. The van der Waals surface area contributed by atoms with E-state index in [1.165, 1.54) is 6.20 Å². The first-order chi connectivity index (χ1) is 10.3. The molecule has 0 atom stereocenters. The topological polar surface area (TPSA) is 54.9 Å². The highest BCUT2D eigenvalue weighted by atomic mass is 35.5. The lowest BCUT2D eigenvalue weighted by Gasteiger charge is -2.08. The third kappa shape index (κ3) is 2.85. The average molecular weight is 298 g/mol. The number of carbonyl (C=O) groups excluding carboxylic acids is 1. The average Bonchev–Trinajstić information content (AvgIpc) is 2.54. The molecule has 2 aromatic heterocycles. The standard InChI is InChI=1S/C16H12ClN3O/c17-15-13-4-2-1-3-12(13)14(10-19-15)16(21)20-9-11-5-7-18-8-6-11/h1-8,10H,9H2,(H,20,21). The normalized spacial score (nSPS) is 10.5. The lowest BCUT2D eigenvalue weighted by Crippen LogP contribution is -2.23. The van der Waals surface area contributed by atoms with Gasteiger partial charge in [0, 0.05) is 30.5 Å². The van der Waals surface area contributed by atoms with Gasteiger partial charge in [0.1, 0.15) is 5.15 Å². The van der Waals surface area contributed by atoms with Crippen LogP contribution < -0.4 is 5.32 Å². The molecule has 0 bridgehead atoms. The van der Waals surface area contributed by atoms with Gasteiger partial charge in [0.15, 0.2) is 0 Å². The van der Waals surface area contributed by atoms with E-state index in [-0.39, 0.29) is 5.91 Å². The Kier molecular flexibility index (Phi) is 3.79. The molecular weight excluding hydrogens is 286 g/mol. The molecule has 0 aliphatic carbocycles. The van der Waals surface area contributed by atoms with E-state index >= 15 is 0 Å². The first-order valence-corrected chi connectivity index (χ1v) is 6.84. The van der Waals surface area contributed by atoms with Gasteiger partial charge in [-0.25, -0.2) is 4.98 Å². The first-order valence-electron chi connectivity index (χ1n) is 6.46. The molecule has 0 radical (unpaired) electrons. The number of halogens is 1. The SMILES string of the molecule is O=C(NCc1ccncc1)c1cnc(Cl)c2ccccc12. The molecule has 3 rings (SSSR count). The van der Waals surface area contributed by atoms with Gasteiger partial charge in [-0.2, -0.15) is 0 Å². The number of carbonyl (C=O) groups is 1.